The van der Waals surface area contributed by atoms with E-state index in [9.17, 15) is 0 Å². The molecular weight excluding hydrogens is 243 g/mol. The molecule has 2 atom stereocenters. The fourth-order valence-electron chi connectivity index (χ4n) is 3.29. The third kappa shape index (κ3) is 1.02. The van der Waals surface area contributed by atoms with Crippen LogP contribution in [0.15, 0.2) is 12.3 Å². The number of fused-ring (bicyclic) bond motifs is 7. The Labute approximate surface area is 103 Å². The molecule has 2 aromatic rings. The Balaban J connectivity index is 2.12. The normalized spacial score (nSPS) is 26.6. The second-order valence-corrected chi connectivity index (χ2v) is 5.63. The van der Waals surface area contributed by atoms with Crippen LogP contribution in [0.5, 0.6) is 0 Å². The fraction of sp³-hybridized carbons (Fsp3) is 0.417. The number of halogens is 2. The van der Waals surface area contributed by atoms with Gasteiger partial charge in [0.15, 0.2) is 5.65 Å². The van der Waals surface area contributed by atoms with Crippen LogP contribution < -0.4 is 0 Å². The zero-order valence-corrected chi connectivity index (χ0v) is 10.1. The van der Waals surface area contributed by atoms with Gasteiger partial charge in [0, 0.05) is 23.7 Å². The molecule has 1 fully saturated rings. The van der Waals surface area contributed by atoms with Gasteiger partial charge in [0.1, 0.15) is 0 Å². The van der Waals surface area contributed by atoms with Crippen molar-refractivity contribution in [2.45, 2.75) is 31.1 Å². The van der Waals surface area contributed by atoms with Crippen LogP contribution in [0, 0.1) is 0 Å². The Bertz CT molecular complexity index is 603. The maximum absolute atomic E-state index is 6.18. The van der Waals surface area contributed by atoms with Crippen LogP contribution in [0.25, 0.3) is 5.65 Å². The molecule has 0 N–H and O–H groups in total. The minimum absolute atomic E-state index is 0.654. The van der Waals surface area contributed by atoms with E-state index in [4.69, 9.17) is 23.2 Å². The minimum atomic E-state index is 0.654. The van der Waals surface area contributed by atoms with Crippen LogP contribution in [-0.4, -0.2) is 9.38 Å². The van der Waals surface area contributed by atoms with E-state index in [1.54, 1.807) is 6.07 Å². The van der Waals surface area contributed by atoms with Crippen molar-refractivity contribution in [1.29, 1.82) is 0 Å². The first-order chi connectivity index (χ1) is 7.74. The fourth-order valence-corrected chi connectivity index (χ4v) is 3.81. The van der Waals surface area contributed by atoms with E-state index in [1.165, 1.54) is 30.7 Å². The number of nitrogens with zero attached hydrogens (tertiary/aromatic N) is 2. The molecule has 16 heavy (non-hydrogen) atoms. The van der Waals surface area contributed by atoms with Crippen LogP contribution in [-0.2, 0) is 0 Å². The third-order valence-corrected chi connectivity index (χ3v) is 4.40. The molecule has 2 aliphatic rings. The largest absolute Gasteiger partial charge is 0.301 e. The van der Waals surface area contributed by atoms with Gasteiger partial charge in [-0.25, -0.2) is 4.98 Å². The maximum atomic E-state index is 6.18. The van der Waals surface area contributed by atoms with E-state index in [-0.39, 0.29) is 0 Å². The lowest BCUT2D eigenvalue weighted by Gasteiger charge is -2.10. The van der Waals surface area contributed by atoms with Gasteiger partial charge >= 0.3 is 0 Å². The number of rotatable bonds is 0. The Morgan fingerprint density at radius 1 is 1.25 bits per heavy atom. The molecule has 2 heterocycles. The summed E-state index contributed by atoms with van der Waals surface area (Å²) in [5, 5.41) is 1.33. The summed E-state index contributed by atoms with van der Waals surface area (Å²) in [6, 6.07) is 1.77. The van der Waals surface area contributed by atoms with E-state index in [0.717, 1.165) is 5.65 Å². The molecule has 0 spiro atoms. The van der Waals surface area contributed by atoms with Crippen molar-refractivity contribution in [3.05, 3.63) is 33.7 Å². The Morgan fingerprint density at radius 3 is 2.94 bits per heavy atom. The van der Waals surface area contributed by atoms with Crippen molar-refractivity contribution in [3.63, 3.8) is 0 Å². The molecule has 0 saturated heterocycles. The van der Waals surface area contributed by atoms with Crippen LogP contribution in [0.4, 0.5) is 0 Å². The van der Waals surface area contributed by atoms with E-state index in [1.807, 2.05) is 6.20 Å². The average Bonchev–Trinajstić information content (AvgIpc) is 2.86. The quantitative estimate of drug-likeness (QED) is 0.693. The summed E-state index contributed by atoms with van der Waals surface area (Å²) in [7, 11) is 0. The van der Waals surface area contributed by atoms with Crippen molar-refractivity contribution in [2.75, 3.05) is 0 Å². The highest BCUT2D eigenvalue weighted by molar-refractivity contribution is 6.36. The number of hydrogen-bond acceptors (Lipinski definition) is 1. The first-order valence-corrected chi connectivity index (χ1v) is 6.36. The van der Waals surface area contributed by atoms with Crippen molar-refractivity contribution >= 4 is 28.8 Å². The second kappa shape index (κ2) is 2.93. The molecule has 0 amide bonds. The van der Waals surface area contributed by atoms with E-state index < -0.39 is 0 Å². The van der Waals surface area contributed by atoms with E-state index in [0.29, 0.717) is 21.9 Å². The summed E-state index contributed by atoms with van der Waals surface area (Å²) < 4.78 is 2.10. The molecule has 0 radical (unpaired) electrons. The first-order valence-electron chi connectivity index (χ1n) is 5.61. The molecule has 0 aromatic carbocycles. The lowest BCUT2D eigenvalue weighted by Crippen LogP contribution is -1.99. The predicted octanol–water partition coefficient (Wildman–Crippen LogP) is 4.01. The van der Waals surface area contributed by atoms with Crippen molar-refractivity contribution in [1.82, 2.24) is 9.38 Å². The smallest absolute Gasteiger partial charge is 0.156 e. The molecule has 2 unspecified atom stereocenters. The SMILES string of the molecule is Clc1cc(Cl)c2nc3c(n2c1)C1CCC3C1. The van der Waals surface area contributed by atoms with Crippen molar-refractivity contribution < 1.29 is 0 Å². The Hall–Kier alpha value is -0.730. The highest BCUT2D eigenvalue weighted by atomic mass is 35.5. The lowest BCUT2D eigenvalue weighted by atomic mass is 10.0. The summed E-state index contributed by atoms with van der Waals surface area (Å²) in [5.74, 6) is 1.33. The van der Waals surface area contributed by atoms with Gasteiger partial charge < -0.3 is 4.40 Å². The van der Waals surface area contributed by atoms with Gasteiger partial charge in [-0.1, -0.05) is 23.2 Å². The molecule has 4 heteroatoms. The number of hydrogen-bond donors (Lipinski definition) is 0. The highest BCUT2D eigenvalue weighted by Gasteiger charge is 2.41. The zero-order valence-electron chi connectivity index (χ0n) is 8.58. The van der Waals surface area contributed by atoms with Crippen LogP contribution >= 0.6 is 23.2 Å². The van der Waals surface area contributed by atoms with Gasteiger partial charge in [0.2, 0.25) is 0 Å². The molecular formula is C12H10Cl2N2. The van der Waals surface area contributed by atoms with Crippen LogP contribution in [0.3, 0.4) is 0 Å². The van der Waals surface area contributed by atoms with E-state index in [2.05, 4.69) is 9.38 Å². The number of pyridine rings is 1. The molecule has 82 valence electrons. The van der Waals surface area contributed by atoms with Gasteiger partial charge in [0.25, 0.3) is 0 Å². The molecule has 0 aliphatic heterocycles. The summed E-state index contributed by atoms with van der Waals surface area (Å²) in [4.78, 5) is 4.69. The summed E-state index contributed by atoms with van der Waals surface area (Å²) >= 11 is 12.2. The first kappa shape index (κ1) is 9.32. The molecule has 2 aromatic heterocycles. The summed E-state index contributed by atoms with van der Waals surface area (Å²) in [5.41, 5.74) is 3.49. The van der Waals surface area contributed by atoms with Crippen molar-refractivity contribution in [3.8, 4) is 0 Å². The van der Waals surface area contributed by atoms with Crippen molar-refractivity contribution in [2.24, 2.45) is 0 Å². The maximum Gasteiger partial charge on any atom is 0.156 e. The molecule has 1 saturated carbocycles. The van der Waals surface area contributed by atoms with Gasteiger partial charge in [0.05, 0.1) is 15.7 Å². The molecule has 2 bridgehead atoms. The summed E-state index contributed by atoms with van der Waals surface area (Å²) in [6.07, 6.45) is 5.78. The standard InChI is InChI=1S/C12H10Cl2N2/c13-8-4-9(14)12-15-10-6-1-2-7(3-6)11(10)16(12)5-8/h4-7H,1-3H2. The van der Waals surface area contributed by atoms with Crippen LogP contribution in [0.2, 0.25) is 10.0 Å². The topological polar surface area (TPSA) is 17.3 Å². The minimum Gasteiger partial charge on any atom is -0.301 e. The second-order valence-electron chi connectivity index (χ2n) is 4.79. The van der Waals surface area contributed by atoms with Gasteiger partial charge in [-0.05, 0) is 25.3 Å². The highest BCUT2D eigenvalue weighted by Crippen LogP contribution is 2.53. The number of imidazole rings is 1. The van der Waals surface area contributed by atoms with Crippen LogP contribution in [0.1, 0.15) is 42.5 Å². The monoisotopic (exact) mass is 252 g/mol. The Morgan fingerprint density at radius 2 is 2.06 bits per heavy atom. The van der Waals surface area contributed by atoms with E-state index >= 15 is 0 Å². The Kier molecular flexibility index (Phi) is 1.71. The third-order valence-electron chi connectivity index (χ3n) is 3.91. The molecule has 4 rings (SSSR count). The molecule has 2 aliphatic carbocycles. The zero-order chi connectivity index (χ0) is 10.9. The van der Waals surface area contributed by atoms with Gasteiger partial charge in [-0.2, -0.15) is 0 Å². The average molecular weight is 253 g/mol. The lowest BCUT2D eigenvalue weighted by molar-refractivity contribution is 0.690. The number of aromatic nitrogens is 2. The summed E-state index contributed by atoms with van der Waals surface area (Å²) in [6.45, 7) is 0. The predicted molar refractivity (Wildman–Crippen MR) is 64.5 cm³/mol. The molecule has 2 nitrogen and oxygen atoms in total. The van der Waals surface area contributed by atoms with Gasteiger partial charge in [-0.3, -0.25) is 0 Å². The van der Waals surface area contributed by atoms with Gasteiger partial charge in [-0.15, -0.1) is 0 Å².